The van der Waals surface area contributed by atoms with Crippen LogP contribution in [0.25, 0.3) is 0 Å². The molecule has 1 fully saturated rings. The van der Waals surface area contributed by atoms with Crippen molar-refractivity contribution in [2.24, 2.45) is 0 Å². The van der Waals surface area contributed by atoms with Gasteiger partial charge in [-0.2, -0.15) is 0 Å². The summed E-state index contributed by atoms with van der Waals surface area (Å²) in [6.07, 6.45) is 18.6. The fourth-order valence-corrected chi connectivity index (χ4v) is 6.56. The number of nitrogens with one attached hydrogen (secondary N) is 1. The van der Waals surface area contributed by atoms with Gasteiger partial charge in [0.25, 0.3) is 0 Å². The van der Waals surface area contributed by atoms with Crippen LogP contribution in [0.15, 0.2) is 12.2 Å². The number of hydrogen-bond donors (Lipinski definition) is 8. The standard InChI is InChI=1S/C40H77NO10/c1-3-5-7-9-11-13-14-15-16-17-18-20-22-24-26-28-33(44)39(49)41-31(30-50-40-38(48)37(47)36(46)34(29-42)51-40)35(45)32(43)27-25-23-21-19-12-10-8-6-4-2/h19,21,31-38,40,42-48H,3-18,20,22-30H2,1-2H3,(H,41,49)/b21-19+. The van der Waals surface area contributed by atoms with Gasteiger partial charge in [-0.05, 0) is 38.5 Å². The second-order valence-corrected chi connectivity index (χ2v) is 14.7. The van der Waals surface area contributed by atoms with Crippen LogP contribution >= 0.6 is 0 Å². The highest BCUT2D eigenvalue weighted by atomic mass is 16.7. The lowest BCUT2D eigenvalue weighted by Crippen LogP contribution is -2.60. The summed E-state index contributed by atoms with van der Waals surface area (Å²) in [5, 5.41) is 75.1. The largest absolute Gasteiger partial charge is 0.394 e. The monoisotopic (exact) mass is 732 g/mol. The second kappa shape index (κ2) is 31.2. The normalized spacial score (nSPS) is 23.4. The first kappa shape index (κ1) is 47.9. The molecule has 11 heteroatoms. The van der Waals surface area contributed by atoms with Crippen molar-refractivity contribution in [3.05, 3.63) is 12.2 Å². The molecule has 9 atom stereocenters. The highest BCUT2D eigenvalue weighted by Crippen LogP contribution is 2.23. The summed E-state index contributed by atoms with van der Waals surface area (Å²) in [4.78, 5) is 13.0. The maximum Gasteiger partial charge on any atom is 0.249 e. The zero-order valence-corrected chi connectivity index (χ0v) is 32.1. The molecule has 11 nitrogen and oxygen atoms in total. The summed E-state index contributed by atoms with van der Waals surface area (Å²) in [7, 11) is 0. The third kappa shape index (κ3) is 22.0. The van der Waals surface area contributed by atoms with Gasteiger partial charge in [-0.25, -0.2) is 0 Å². The molecule has 0 bridgehead atoms. The Morgan fingerprint density at radius 1 is 0.667 bits per heavy atom. The second-order valence-electron chi connectivity index (χ2n) is 14.7. The fourth-order valence-electron chi connectivity index (χ4n) is 6.56. The summed E-state index contributed by atoms with van der Waals surface area (Å²) < 4.78 is 11.0. The number of carbonyl (C=O) groups is 1. The first-order valence-corrected chi connectivity index (χ1v) is 20.6. The van der Waals surface area contributed by atoms with E-state index in [1.54, 1.807) is 0 Å². The molecule has 0 spiro atoms. The number of ether oxygens (including phenoxy) is 2. The number of carbonyl (C=O) groups excluding carboxylic acids is 1. The van der Waals surface area contributed by atoms with Gasteiger partial charge in [-0.1, -0.05) is 142 Å². The molecule has 1 rings (SSSR count). The first-order valence-electron chi connectivity index (χ1n) is 20.6. The van der Waals surface area contributed by atoms with Crippen molar-refractivity contribution in [2.75, 3.05) is 13.2 Å². The van der Waals surface area contributed by atoms with E-state index in [1.165, 1.54) is 89.9 Å². The molecule has 0 aromatic rings. The van der Waals surface area contributed by atoms with Crippen LogP contribution in [0.5, 0.6) is 0 Å². The number of amides is 1. The Balaban J connectivity index is 2.51. The molecular weight excluding hydrogens is 654 g/mol. The fraction of sp³-hybridized carbons (Fsp3) is 0.925. The van der Waals surface area contributed by atoms with E-state index >= 15 is 0 Å². The van der Waals surface area contributed by atoms with Gasteiger partial charge in [0, 0.05) is 0 Å². The Morgan fingerprint density at radius 2 is 1.16 bits per heavy atom. The van der Waals surface area contributed by atoms with Gasteiger partial charge in [0.05, 0.1) is 25.4 Å². The minimum Gasteiger partial charge on any atom is -0.394 e. The molecule has 9 unspecified atom stereocenters. The zero-order valence-electron chi connectivity index (χ0n) is 32.1. The summed E-state index contributed by atoms with van der Waals surface area (Å²) in [5.41, 5.74) is 0. The van der Waals surface area contributed by atoms with Crippen LogP contribution in [0.4, 0.5) is 0 Å². The average Bonchev–Trinajstić information content (AvgIpc) is 3.13. The van der Waals surface area contributed by atoms with Crippen molar-refractivity contribution in [1.29, 1.82) is 0 Å². The minimum atomic E-state index is -1.66. The third-order valence-corrected chi connectivity index (χ3v) is 10.1. The summed E-state index contributed by atoms with van der Waals surface area (Å²) in [5.74, 6) is -0.708. The quantitative estimate of drug-likeness (QED) is 0.0324. The Kier molecular flexibility index (Phi) is 29.3. The molecule has 0 aromatic heterocycles. The van der Waals surface area contributed by atoms with Gasteiger partial charge in [-0.3, -0.25) is 4.79 Å². The van der Waals surface area contributed by atoms with Gasteiger partial charge in [0.15, 0.2) is 6.29 Å². The maximum atomic E-state index is 13.0. The molecule has 1 saturated heterocycles. The molecule has 0 radical (unpaired) electrons. The van der Waals surface area contributed by atoms with E-state index in [1.807, 2.05) is 0 Å². The maximum absolute atomic E-state index is 13.0. The van der Waals surface area contributed by atoms with Crippen molar-refractivity contribution in [3.63, 3.8) is 0 Å². The number of rotatable bonds is 33. The van der Waals surface area contributed by atoms with Crippen LogP contribution < -0.4 is 5.32 Å². The van der Waals surface area contributed by atoms with Crippen LogP contribution in [-0.2, 0) is 14.3 Å². The van der Waals surface area contributed by atoms with E-state index in [-0.39, 0.29) is 12.8 Å². The molecule has 1 heterocycles. The number of allylic oxidation sites excluding steroid dienone is 2. The highest BCUT2D eigenvalue weighted by molar-refractivity contribution is 5.80. The van der Waals surface area contributed by atoms with Gasteiger partial charge in [0.2, 0.25) is 5.91 Å². The van der Waals surface area contributed by atoms with Gasteiger partial charge in [-0.15, -0.1) is 0 Å². The zero-order chi connectivity index (χ0) is 37.7. The van der Waals surface area contributed by atoms with E-state index in [4.69, 9.17) is 9.47 Å². The van der Waals surface area contributed by atoms with Crippen LogP contribution in [0, 0.1) is 0 Å². The van der Waals surface area contributed by atoms with Gasteiger partial charge in [0.1, 0.15) is 36.6 Å². The predicted molar refractivity (Wildman–Crippen MR) is 201 cm³/mol. The van der Waals surface area contributed by atoms with E-state index < -0.39 is 74.2 Å². The summed E-state index contributed by atoms with van der Waals surface area (Å²) in [6.45, 7) is 3.36. The molecule has 51 heavy (non-hydrogen) atoms. The molecule has 1 aliphatic heterocycles. The molecule has 0 saturated carbocycles. The Hall–Kier alpha value is -1.15. The lowest BCUT2D eigenvalue weighted by molar-refractivity contribution is -0.303. The SMILES string of the molecule is CCCCCC/C=C/CCCC(O)C(O)C(COC1OC(CO)C(O)C(O)C1O)NC(=O)C(O)CCCCCCCCCCCCCCCCC. The van der Waals surface area contributed by atoms with Crippen LogP contribution in [0.3, 0.4) is 0 Å². The van der Waals surface area contributed by atoms with E-state index in [0.717, 1.165) is 38.5 Å². The predicted octanol–water partition coefficient (Wildman–Crippen LogP) is 5.33. The highest BCUT2D eigenvalue weighted by Gasteiger charge is 2.44. The summed E-state index contributed by atoms with van der Waals surface area (Å²) >= 11 is 0. The van der Waals surface area contributed by atoms with Crippen molar-refractivity contribution in [1.82, 2.24) is 5.32 Å². The van der Waals surface area contributed by atoms with Crippen LogP contribution in [-0.4, -0.2) is 110 Å². The van der Waals surface area contributed by atoms with Crippen molar-refractivity contribution >= 4 is 5.91 Å². The lowest BCUT2D eigenvalue weighted by atomic mass is 9.98. The molecule has 0 aromatic carbocycles. The minimum absolute atomic E-state index is 0.258. The van der Waals surface area contributed by atoms with Crippen molar-refractivity contribution < 1.29 is 50.0 Å². The number of unbranched alkanes of at least 4 members (excludes halogenated alkanes) is 19. The van der Waals surface area contributed by atoms with Crippen molar-refractivity contribution in [3.8, 4) is 0 Å². The third-order valence-electron chi connectivity index (χ3n) is 10.1. The smallest absolute Gasteiger partial charge is 0.249 e. The number of aliphatic hydroxyl groups is 7. The molecule has 1 aliphatic rings. The number of aliphatic hydroxyl groups excluding tert-OH is 7. The van der Waals surface area contributed by atoms with Crippen LogP contribution in [0.2, 0.25) is 0 Å². The molecular formula is C40H77NO10. The van der Waals surface area contributed by atoms with Gasteiger partial charge < -0.3 is 50.5 Å². The molecule has 1 amide bonds. The van der Waals surface area contributed by atoms with Crippen LogP contribution in [0.1, 0.15) is 168 Å². The molecule has 0 aliphatic carbocycles. The van der Waals surface area contributed by atoms with E-state index in [0.29, 0.717) is 12.8 Å². The summed E-state index contributed by atoms with van der Waals surface area (Å²) in [6, 6.07) is -1.18. The van der Waals surface area contributed by atoms with Crippen molar-refractivity contribution in [2.45, 2.75) is 223 Å². The number of hydrogen-bond acceptors (Lipinski definition) is 10. The van der Waals surface area contributed by atoms with Gasteiger partial charge >= 0.3 is 0 Å². The Labute approximate surface area is 309 Å². The molecule has 302 valence electrons. The Morgan fingerprint density at radius 3 is 1.69 bits per heavy atom. The molecule has 8 N–H and O–H groups in total. The lowest BCUT2D eigenvalue weighted by Gasteiger charge is -2.40. The van der Waals surface area contributed by atoms with E-state index in [9.17, 15) is 40.5 Å². The first-order chi connectivity index (χ1) is 24.7. The average molecular weight is 732 g/mol. The van der Waals surface area contributed by atoms with E-state index in [2.05, 4.69) is 31.3 Å². The Bertz CT molecular complexity index is 846. The topological polar surface area (TPSA) is 189 Å².